The first-order chi connectivity index (χ1) is 13.8. The lowest BCUT2D eigenvalue weighted by molar-refractivity contribution is 0.332. The van der Waals surface area contributed by atoms with Crippen molar-refractivity contribution < 1.29 is 14.2 Å². The summed E-state index contributed by atoms with van der Waals surface area (Å²) < 4.78 is 17.7. The molecule has 6 nitrogen and oxygen atoms in total. The SMILES string of the molecule is CCOc1ccc(OCCSc2nnc(Nc3ccccc3OCC)s2)cc1. The minimum atomic E-state index is 0.591. The zero-order valence-corrected chi connectivity index (χ0v) is 17.5. The van der Waals surface area contributed by atoms with Crippen LogP contribution in [0.15, 0.2) is 52.9 Å². The Kier molecular flexibility index (Phi) is 7.81. The van der Waals surface area contributed by atoms with Crippen LogP contribution in [0.25, 0.3) is 0 Å². The van der Waals surface area contributed by atoms with Gasteiger partial charge < -0.3 is 19.5 Å². The van der Waals surface area contributed by atoms with E-state index in [1.165, 1.54) is 11.3 Å². The van der Waals surface area contributed by atoms with Crippen molar-refractivity contribution in [1.29, 1.82) is 0 Å². The van der Waals surface area contributed by atoms with Crippen LogP contribution in [0.4, 0.5) is 10.8 Å². The number of nitrogens with one attached hydrogen (secondary N) is 1. The Hall–Kier alpha value is -2.45. The highest BCUT2D eigenvalue weighted by molar-refractivity contribution is 8.01. The van der Waals surface area contributed by atoms with Gasteiger partial charge in [-0.25, -0.2) is 0 Å². The predicted octanol–water partition coefficient (Wildman–Crippen LogP) is 5.25. The second-order valence-electron chi connectivity index (χ2n) is 5.53. The lowest BCUT2D eigenvalue weighted by Gasteiger charge is -2.09. The van der Waals surface area contributed by atoms with Gasteiger partial charge in [0.2, 0.25) is 5.13 Å². The van der Waals surface area contributed by atoms with Crippen molar-refractivity contribution in [3.8, 4) is 17.2 Å². The molecular formula is C20H23N3O3S2. The number of hydrogen-bond acceptors (Lipinski definition) is 8. The Morgan fingerprint density at radius 1 is 0.893 bits per heavy atom. The van der Waals surface area contributed by atoms with E-state index in [2.05, 4.69) is 15.5 Å². The fraction of sp³-hybridized carbons (Fsp3) is 0.300. The lowest BCUT2D eigenvalue weighted by Crippen LogP contribution is -2.00. The van der Waals surface area contributed by atoms with Crippen LogP contribution in [0.1, 0.15) is 13.8 Å². The minimum Gasteiger partial charge on any atom is -0.494 e. The van der Waals surface area contributed by atoms with Gasteiger partial charge in [-0.2, -0.15) is 0 Å². The molecule has 0 saturated heterocycles. The van der Waals surface area contributed by atoms with E-state index in [0.29, 0.717) is 19.8 Å². The summed E-state index contributed by atoms with van der Waals surface area (Å²) in [6.07, 6.45) is 0. The molecule has 148 valence electrons. The molecule has 8 heteroatoms. The fourth-order valence-electron chi connectivity index (χ4n) is 2.37. The monoisotopic (exact) mass is 417 g/mol. The third-order valence-corrected chi connectivity index (χ3v) is 5.48. The number of nitrogens with zero attached hydrogens (tertiary/aromatic N) is 2. The highest BCUT2D eigenvalue weighted by Crippen LogP contribution is 2.31. The van der Waals surface area contributed by atoms with E-state index in [9.17, 15) is 0 Å². The maximum atomic E-state index is 5.75. The van der Waals surface area contributed by atoms with Crippen LogP contribution in [0.2, 0.25) is 0 Å². The Labute approximate surface area is 173 Å². The number of anilines is 2. The number of hydrogen-bond donors (Lipinski definition) is 1. The van der Waals surface area contributed by atoms with Crippen LogP contribution in [-0.4, -0.2) is 35.8 Å². The number of ether oxygens (including phenoxy) is 3. The first-order valence-corrected chi connectivity index (χ1v) is 10.9. The molecule has 2 aromatic carbocycles. The molecule has 1 N–H and O–H groups in total. The number of benzene rings is 2. The molecule has 1 aromatic heterocycles. The van der Waals surface area contributed by atoms with Crippen LogP contribution in [0, 0.1) is 0 Å². The first kappa shape index (κ1) is 20.3. The van der Waals surface area contributed by atoms with Gasteiger partial charge in [-0.15, -0.1) is 10.2 Å². The third-order valence-electron chi connectivity index (χ3n) is 3.55. The van der Waals surface area contributed by atoms with Gasteiger partial charge in [-0.3, -0.25) is 0 Å². The van der Waals surface area contributed by atoms with Crippen molar-refractivity contribution in [3.05, 3.63) is 48.5 Å². The normalized spacial score (nSPS) is 10.5. The van der Waals surface area contributed by atoms with Crippen LogP contribution < -0.4 is 19.5 Å². The fourth-order valence-corrected chi connectivity index (χ4v) is 4.02. The predicted molar refractivity (Wildman–Crippen MR) is 115 cm³/mol. The molecule has 0 saturated carbocycles. The van der Waals surface area contributed by atoms with E-state index in [0.717, 1.165) is 38.2 Å². The zero-order chi connectivity index (χ0) is 19.6. The van der Waals surface area contributed by atoms with Gasteiger partial charge in [0.15, 0.2) is 4.34 Å². The Balaban J connectivity index is 1.45. The van der Waals surface area contributed by atoms with Gasteiger partial charge in [-0.05, 0) is 50.2 Å². The van der Waals surface area contributed by atoms with Crippen molar-refractivity contribution in [2.24, 2.45) is 0 Å². The van der Waals surface area contributed by atoms with E-state index < -0.39 is 0 Å². The highest BCUT2D eigenvalue weighted by Gasteiger charge is 2.08. The molecule has 0 radical (unpaired) electrons. The van der Waals surface area contributed by atoms with Gasteiger partial charge in [0, 0.05) is 5.75 Å². The summed E-state index contributed by atoms with van der Waals surface area (Å²) in [5.41, 5.74) is 0.885. The highest BCUT2D eigenvalue weighted by atomic mass is 32.2. The average molecular weight is 418 g/mol. The van der Waals surface area contributed by atoms with Crippen molar-refractivity contribution in [3.63, 3.8) is 0 Å². The van der Waals surface area contributed by atoms with Crippen molar-refractivity contribution in [2.45, 2.75) is 18.2 Å². The van der Waals surface area contributed by atoms with E-state index in [1.807, 2.05) is 62.4 Å². The van der Waals surface area contributed by atoms with Crippen LogP contribution in [-0.2, 0) is 0 Å². The Bertz CT molecular complexity index is 856. The van der Waals surface area contributed by atoms with Crippen molar-refractivity contribution in [2.75, 3.05) is 30.9 Å². The summed E-state index contributed by atoms with van der Waals surface area (Å²) in [4.78, 5) is 0. The quantitative estimate of drug-likeness (QED) is 0.338. The largest absolute Gasteiger partial charge is 0.494 e. The average Bonchev–Trinajstić information content (AvgIpc) is 3.16. The van der Waals surface area contributed by atoms with Gasteiger partial charge in [0.25, 0.3) is 0 Å². The zero-order valence-electron chi connectivity index (χ0n) is 15.9. The van der Waals surface area contributed by atoms with E-state index in [4.69, 9.17) is 14.2 Å². The summed E-state index contributed by atoms with van der Waals surface area (Å²) >= 11 is 3.13. The molecule has 0 fully saturated rings. The first-order valence-electron chi connectivity index (χ1n) is 9.09. The summed E-state index contributed by atoms with van der Waals surface area (Å²) in [6, 6.07) is 15.5. The third kappa shape index (κ3) is 6.03. The summed E-state index contributed by atoms with van der Waals surface area (Å²) in [5, 5.41) is 12.4. The molecule has 0 aliphatic heterocycles. The molecule has 3 rings (SSSR count). The maximum Gasteiger partial charge on any atom is 0.210 e. The molecule has 0 unspecified atom stereocenters. The molecule has 0 bridgehead atoms. The Morgan fingerprint density at radius 3 is 2.36 bits per heavy atom. The van der Waals surface area contributed by atoms with E-state index in [-0.39, 0.29) is 0 Å². The van der Waals surface area contributed by atoms with E-state index >= 15 is 0 Å². The van der Waals surface area contributed by atoms with Gasteiger partial charge in [0.05, 0.1) is 25.5 Å². The summed E-state index contributed by atoms with van der Waals surface area (Å²) in [6.45, 7) is 5.80. The second-order valence-corrected chi connectivity index (χ2v) is 7.85. The van der Waals surface area contributed by atoms with Crippen LogP contribution >= 0.6 is 23.1 Å². The molecule has 28 heavy (non-hydrogen) atoms. The smallest absolute Gasteiger partial charge is 0.210 e. The molecule has 0 amide bonds. The maximum absolute atomic E-state index is 5.75. The molecule has 3 aromatic rings. The number of thioether (sulfide) groups is 1. The van der Waals surface area contributed by atoms with Gasteiger partial charge >= 0.3 is 0 Å². The minimum absolute atomic E-state index is 0.591. The standard InChI is InChI=1S/C20H23N3O3S2/c1-3-24-15-9-11-16(12-10-15)26-13-14-27-20-23-22-19(28-20)21-17-7-5-6-8-18(17)25-4-2/h5-12H,3-4,13-14H2,1-2H3,(H,21,22). The molecule has 0 aliphatic rings. The number of para-hydroxylation sites is 2. The summed E-state index contributed by atoms with van der Waals surface area (Å²) in [5.74, 6) is 3.27. The van der Waals surface area contributed by atoms with Crippen LogP contribution in [0.3, 0.4) is 0 Å². The Morgan fingerprint density at radius 2 is 1.61 bits per heavy atom. The van der Waals surface area contributed by atoms with E-state index in [1.54, 1.807) is 11.8 Å². The molecule has 0 aliphatic carbocycles. The van der Waals surface area contributed by atoms with Crippen LogP contribution in [0.5, 0.6) is 17.2 Å². The van der Waals surface area contributed by atoms with Crippen molar-refractivity contribution >= 4 is 33.9 Å². The lowest BCUT2D eigenvalue weighted by atomic mass is 10.3. The van der Waals surface area contributed by atoms with Gasteiger partial charge in [-0.1, -0.05) is 35.2 Å². The van der Waals surface area contributed by atoms with Gasteiger partial charge in [0.1, 0.15) is 17.2 Å². The topological polar surface area (TPSA) is 65.5 Å². The molecule has 1 heterocycles. The molecule has 0 atom stereocenters. The molecule has 0 spiro atoms. The summed E-state index contributed by atoms with van der Waals surface area (Å²) in [7, 11) is 0. The second kappa shape index (κ2) is 10.8. The number of aromatic nitrogens is 2. The molecular weight excluding hydrogens is 394 g/mol. The van der Waals surface area contributed by atoms with Crippen molar-refractivity contribution in [1.82, 2.24) is 10.2 Å². The number of rotatable bonds is 11.